The first-order chi connectivity index (χ1) is 22.8. The minimum atomic E-state index is -0.859. The van der Waals surface area contributed by atoms with Crippen molar-refractivity contribution in [1.82, 2.24) is 15.5 Å². The Kier molecular flexibility index (Phi) is 11.2. The summed E-state index contributed by atoms with van der Waals surface area (Å²) in [5.41, 5.74) is 7.70. The standard InChI is InChI=1S/C38H44N4O5/c1-27(43)40-34(31-15-17-33(44)18-16-31)25-36(45)41-35(24-28-9-3-2-4-10-28)37(46)42-22-8-20-38(42,19-7-21-39)47-26-29-13-14-30-11-5-6-12-32(30)23-29/h2-6,9-18,23,34-35,44H,7-8,19-22,24-26,39H2,1H3,(H,40,43)(H,41,45)/t34?,35?,38-/m0/s1. The average molecular weight is 637 g/mol. The Morgan fingerprint density at radius 1 is 0.915 bits per heavy atom. The van der Waals surface area contributed by atoms with Gasteiger partial charge >= 0.3 is 0 Å². The van der Waals surface area contributed by atoms with Crippen molar-refractivity contribution in [2.75, 3.05) is 13.1 Å². The molecule has 0 aromatic heterocycles. The number of fused-ring (bicyclic) bond motifs is 1. The molecule has 9 nitrogen and oxygen atoms in total. The molecule has 1 fully saturated rings. The molecule has 1 heterocycles. The van der Waals surface area contributed by atoms with Crippen molar-refractivity contribution in [2.45, 2.75) is 69.9 Å². The van der Waals surface area contributed by atoms with Gasteiger partial charge in [-0.2, -0.15) is 0 Å². The largest absolute Gasteiger partial charge is 0.508 e. The van der Waals surface area contributed by atoms with Crippen LogP contribution in [0.1, 0.15) is 61.8 Å². The van der Waals surface area contributed by atoms with Crippen molar-refractivity contribution in [3.8, 4) is 5.75 Å². The molecular weight excluding hydrogens is 592 g/mol. The van der Waals surface area contributed by atoms with Crippen LogP contribution in [0, 0.1) is 0 Å². The molecule has 1 aliphatic rings. The van der Waals surface area contributed by atoms with E-state index >= 15 is 0 Å². The molecule has 4 aromatic carbocycles. The number of nitrogens with one attached hydrogen (secondary N) is 2. The number of likely N-dealkylation sites (tertiary alicyclic amines) is 1. The van der Waals surface area contributed by atoms with Crippen molar-refractivity contribution < 1.29 is 24.2 Å². The quantitative estimate of drug-likeness (QED) is 0.152. The van der Waals surface area contributed by atoms with Crippen LogP contribution in [0.5, 0.6) is 5.75 Å². The van der Waals surface area contributed by atoms with E-state index in [2.05, 4.69) is 41.0 Å². The van der Waals surface area contributed by atoms with E-state index in [4.69, 9.17) is 10.5 Å². The zero-order valence-electron chi connectivity index (χ0n) is 26.9. The summed E-state index contributed by atoms with van der Waals surface area (Å²) in [5.74, 6) is -0.802. The zero-order chi connectivity index (χ0) is 33.2. The van der Waals surface area contributed by atoms with Gasteiger partial charge in [-0.15, -0.1) is 0 Å². The van der Waals surface area contributed by atoms with E-state index in [1.54, 1.807) is 12.1 Å². The van der Waals surface area contributed by atoms with Crippen LogP contribution in [-0.4, -0.2) is 52.6 Å². The Hall–Kier alpha value is -4.73. The third-order valence-corrected chi connectivity index (χ3v) is 8.78. The van der Waals surface area contributed by atoms with Crippen molar-refractivity contribution in [1.29, 1.82) is 0 Å². The van der Waals surface area contributed by atoms with E-state index in [0.717, 1.165) is 28.3 Å². The van der Waals surface area contributed by atoms with E-state index in [1.165, 1.54) is 19.1 Å². The molecule has 246 valence electrons. The van der Waals surface area contributed by atoms with Gasteiger partial charge in [0.15, 0.2) is 0 Å². The highest BCUT2D eigenvalue weighted by molar-refractivity contribution is 5.89. The first-order valence-corrected chi connectivity index (χ1v) is 16.3. The molecule has 1 saturated heterocycles. The molecule has 2 unspecified atom stereocenters. The minimum Gasteiger partial charge on any atom is -0.508 e. The molecule has 47 heavy (non-hydrogen) atoms. The van der Waals surface area contributed by atoms with E-state index in [-0.39, 0.29) is 29.9 Å². The lowest BCUT2D eigenvalue weighted by Gasteiger charge is -2.40. The number of carbonyl (C=O) groups excluding carboxylic acids is 3. The summed E-state index contributed by atoms with van der Waals surface area (Å²) in [5, 5.41) is 17.8. The molecule has 3 amide bonds. The van der Waals surface area contributed by atoms with Crippen LogP contribution in [0.15, 0.2) is 97.1 Å². The number of hydrogen-bond acceptors (Lipinski definition) is 6. The summed E-state index contributed by atoms with van der Waals surface area (Å²) in [6, 6.07) is 28.9. The molecule has 4 aromatic rings. The van der Waals surface area contributed by atoms with Crippen LogP contribution in [-0.2, 0) is 32.1 Å². The van der Waals surface area contributed by atoms with Gasteiger partial charge in [-0.1, -0.05) is 78.9 Å². The third-order valence-electron chi connectivity index (χ3n) is 8.78. The first kappa shape index (κ1) is 33.6. The first-order valence-electron chi connectivity index (χ1n) is 16.3. The number of benzene rings is 4. The molecule has 0 radical (unpaired) electrons. The summed E-state index contributed by atoms with van der Waals surface area (Å²) < 4.78 is 6.71. The molecule has 9 heteroatoms. The number of nitrogens with two attached hydrogens (primary N) is 1. The molecule has 1 aliphatic heterocycles. The highest BCUT2D eigenvalue weighted by Crippen LogP contribution is 2.37. The highest BCUT2D eigenvalue weighted by Gasteiger charge is 2.46. The monoisotopic (exact) mass is 636 g/mol. The minimum absolute atomic E-state index is 0.0832. The van der Waals surface area contributed by atoms with Crippen molar-refractivity contribution in [3.63, 3.8) is 0 Å². The lowest BCUT2D eigenvalue weighted by atomic mass is 9.99. The topological polar surface area (TPSA) is 134 Å². The Bertz CT molecular complexity index is 1660. The van der Waals surface area contributed by atoms with Gasteiger partial charge in [0.25, 0.3) is 0 Å². The SMILES string of the molecule is CC(=O)NC(CC(=O)NC(Cc1ccccc1)C(=O)N1CCC[C@]1(CCCN)OCc1ccc2ccccc2c1)c1ccc(O)cc1. The second-order valence-electron chi connectivity index (χ2n) is 12.3. The molecule has 0 bridgehead atoms. The summed E-state index contributed by atoms with van der Waals surface area (Å²) in [6.07, 6.45) is 2.92. The zero-order valence-corrected chi connectivity index (χ0v) is 26.9. The normalized spacial score (nSPS) is 17.3. The highest BCUT2D eigenvalue weighted by atomic mass is 16.5. The van der Waals surface area contributed by atoms with E-state index < -0.39 is 17.8 Å². The molecular formula is C38H44N4O5. The van der Waals surface area contributed by atoms with Gasteiger partial charge in [-0.05, 0) is 77.9 Å². The summed E-state index contributed by atoms with van der Waals surface area (Å²) in [6.45, 7) is 2.69. The van der Waals surface area contributed by atoms with Crippen LogP contribution in [0.2, 0.25) is 0 Å². The van der Waals surface area contributed by atoms with Gasteiger partial charge in [0.1, 0.15) is 17.5 Å². The van der Waals surface area contributed by atoms with Crippen LogP contribution in [0.25, 0.3) is 10.8 Å². The Balaban J connectivity index is 1.38. The van der Waals surface area contributed by atoms with Crippen molar-refractivity contribution >= 4 is 28.5 Å². The number of ether oxygens (including phenoxy) is 1. The van der Waals surface area contributed by atoms with Crippen molar-refractivity contribution in [3.05, 3.63) is 114 Å². The maximum Gasteiger partial charge on any atom is 0.247 e. The number of aromatic hydroxyl groups is 1. The van der Waals surface area contributed by atoms with E-state index in [1.807, 2.05) is 47.4 Å². The predicted octanol–water partition coefficient (Wildman–Crippen LogP) is 5.11. The Morgan fingerprint density at radius 3 is 2.36 bits per heavy atom. The van der Waals surface area contributed by atoms with Crippen LogP contribution < -0.4 is 16.4 Å². The Labute approximate surface area is 276 Å². The number of nitrogens with zero attached hydrogens (tertiary/aromatic N) is 1. The van der Waals surface area contributed by atoms with Gasteiger partial charge in [0, 0.05) is 19.9 Å². The van der Waals surface area contributed by atoms with Gasteiger partial charge in [-0.3, -0.25) is 14.4 Å². The van der Waals surface area contributed by atoms with Gasteiger partial charge in [0.2, 0.25) is 17.7 Å². The average Bonchev–Trinajstić information content (AvgIpc) is 3.50. The summed E-state index contributed by atoms with van der Waals surface area (Å²) in [7, 11) is 0. The van der Waals surface area contributed by atoms with Gasteiger partial charge in [0.05, 0.1) is 19.1 Å². The third kappa shape index (κ3) is 8.75. The van der Waals surface area contributed by atoms with Crippen LogP contribution in [0.3, 0.4) is 0 Å². The number of phenolic OH excluding ortho intramolecular Hbond substituents is 1. The molecule has 0 aliphatic carbocycles. The molecule has 0 saturated carbocycles. The molecule has 5 N–H and O–H groups in total. The fraction of sp³-hybridized carbons (Fsp3) is 0.342. The second kappa shape index (κ2) is 15.7. The van der Waals surface area contributed by atoms with Crippen LogP contribution >= 0.6 is 0 Å². The second-order valence-corrected chi connectivity index (χ2v) is 12.3. The Morgan fingerprint density at radius 2 is 1.64 bits per heavy atom. The number of phenols is 1. The van der Waals surface area contributed by atoms with E-state index in [0.29, 0.717) is 50.9 Å². The number of hydrogen-bond donors (Lipinski definition) is 4. The molecule has 3 atom stereocenters. The summed E-state index contributed by atoms with van der Waals surface area (Å²) in [4.78, 5) is 42.0. The number of carbonyl (C=O) groups is 3. The fourth-order valence-corrected chi connectivity index (χ4v) is 6.45. The molecule has 5 rings (SSSR count). The molecule has 0 spiro atoms. The van der Waals surface area contributed by atoms with Crippen LogP contribution in [0.4, 0.5) is 0 Å². The van der Waals surface area contributed by atoms with Gasteiger partial charge < -0.3 is 31.1 Å². The number of amides is 3. The lowest BCUT2D eigenvalue weighted by Crippen LogP contribution is -2.57. The van der Waals surface area contributed by atoms with Crippen molar-refractivity contribution in [2.24, 2.45) is 5.73 Å². The predicted molar refractivity (Wildman–Crippen MR) is 182 cm³/mol. The maximum atomic E-state index is 14.5. The number of rotatable bonds is 14. The maximum absolute atomic E-state index is 14.5. The lowest BCUT2D eigenvalue weighted by molar-refractivity contribution is -0.175. The smallest absolute Gasteiger partial charge is 0.247 e. The fourth-order valence-electron chi connectivity index (χ4n) is 6.45. The van der Waals surface area contributed by atoms with Gasteiger partial charge in [-0.25, -0.2) is 0 Å². The van der Waals surface area contributed by atoms with E-state index in [9.17, 15) is 19.5 Å². The summed E-state index contributed by atoms with van der Waals surface area (Å²) >= 11 is 0.